The number of ether oxygens (including phenoxy) is 1. The number of amides is 1. The number of benzene rings is 1. The van der Waals surface area contributed by atoms with E-state index in [1.54, 1.807) is 19.2 Å². The van der Waals surface area contributed by atoms with E-state index < -0.39 is 9.84 Å². The van der Waals surface area contributed by atoms with Crippen LogP contribution in [-0.2, 0) is 21.2 Å². The van der Waals surface area contributed by atoms with Gasteiger partial charge in [-0.05, 0) is 24.1 Å². The van der Waals surface area contributed by atoms with Crippen molar-refractivity contribution in [3.8, 4) is 5.75 Å². The Bertz CT molecular complexity index is 598. The van der Waals surface area contributed by atoms with Crippen molar-refractivity contribution in [3.05, 3.63) is 29.8 Å². The first-order valence-electron chi connectivity index (χ1n) is 6.79. The van der Waals surface area contributed by atoms with Crippen molar-refractivity contribution in [2.45, 2.75) is 19.0 Å². The second-order valence-electron chi connectivity index (χ2n) is 5.20. The van der Waals surface area contributed by atoms with E-state index >= 15 is 0 Å². The molecule has 2 N–H and O–H groups in total. The molecule has 1 aromatic rings. The van der Waals surface area contributed by atoms with Crippen molar-refractivity contribution in [3.63, 3.8) is 0 Å². The molecule has 1 aliphatic rings. The van der Waals surface area contributed by atoms with E-state index in [-0.39, 0.29) is 30.1 Å². The van der Waals surface area contributed by atoms with Crippen molar-refractivity contribution >= 4 is 15.7 Å². The van der Waals surface area contributed by atoms with Gasteiger partial charge in [0, 0.05) is 19.6 Å². The zero-order chi connectivity index (χ0) is 15.5. The van der Waals surface area contributed by atoms with Crippen LogP contribution in [0.2, 0.25) is 0 Å². The summed E-state index contributed by atoms with van der Waals surface area (Å²) in [6, 6.07) is 6.95. The van der Waals surface area contributed by atoms with Gasteiger partial charge in [-0.2, -0.15) is 0 Å². The van der Waals surface area contributed by atoms with E-state index in [1.165, 1.54) is 4.90 Å². The maximum absolute atomic E-state index is 12.0. The minimum Gasteiger partial charge on any atom is -0.484 e. The molecule has 0 aromatic heterocycles. The molecule has 0 bridgehead atoms. The van der Waals surface area contributed by atoms with Gasteiger partial charge >= 0.3 is 0 Å². The summed E-state index contributed by atoms with van der Waals surface area (Å²) in [5.41, 5.74) is 6.49. The third kappa shape index (κ3) is 4.18. The predicted octanol–water partition coefficient (Wildman–Crippen LogP) is 0.170. The van der Waals surface area contributed by atoms with Crippen molar-refractivity contribution < 1.29 is 17.9 Å². The largest absolute Gasteiger partial charge is 0.484 e. The van der Waals surface area contributed by atoms with Gasteiger partial charge in [0.05, 0.1) is 11.5 Å². The molecule has 0 saturated carbocycles. The van der Waals surface area contributed by atoms with Gasteiger partial charge in [-0.25, -0.2) is 8.42 Å². The number of sulfone groups is 1. The highest BCUT2D eigenvalue weighted by atomic mass is 32.2. The van der Waals surface area contributed by atoms with Crippen LogP contribution in [0, 0.1) is 0 Å². The highest BCUT2D eigenvalue weighted by molar-refractivity contribution is 7.91. The summed E-state index contributed by atoms with van der Waals surface area (Å²) in [6.45, 7) is 0.354. The smallest absolute Gasteiger partial charge is 0.260 e. The van der Waals surface area contributed by atoms with Gasteiger partial charge in [0.1, 0.15) is 5.75 Å². The van der Waals surface area contributed by atoms with E-state index in [9.17, 15) is 13.2 Å². The van der Waals surface area contributed by atoms with Crippen molar-refractivity contribution in [2.75, 3.05) is 25.2 Å². The summed E-state index contributed by atoms with van der Waals surface area (Å²) in [7, 11) is -1.38. The fraction of sp³-hybridized carbons (Fsp3) is 0.500. The summed E-state index contributed by atoms with van der Waals surface area (Å²) in [5, 5.41) is 0. The fourth-order valence-corrected chi connectivity index (χ4v) is 4.03. The molecule has 116 valence electrons. The van der Waals surface area contributed by atoms with Crippen LogP contribution in [0.4, 0.5) is 0 Å². The van der Waals surface area contributed by atoms with Crippen LogP contribution in [0.25, 0.3) is 0 Å². The lowest BCUT2D eigenvalue weighted by atomic mass is 10.2. The first kappa shape index (κ1) is 15.8. The van der Waals surface area contributed by atoms with E-state index in [0.717, 1.165) is 5.56 Å². The number of likely N-dealkylation sites (N-methyl/N-ethyl adjacent to an activating group) is 1. The zero-order valence-corrected chi connectivity index (χ0v) is 12.8. The summed E-state index contributed by atoms with van der Waals surface area (Å²) in [6.07, 6.45) is 0.496. The SMILES string of the molecule is CN(C(=O)COc1ccc(CN)cc1)C1CCS(=O)(=O)C1. The Labute approximate surface area is 124 Å². The Morgan fingerprint density at radius 1 is 1.38 bits per heavy atom. The maximum Gasteiger partial charge on any atom is 0.260 e. The Morgan fingerprint density at radius 3 is 2.57 bits per heavy atom. The monoisotopic (exact) mass is 312 g/mol. The molecule has 1 heterocycles. The summed E-state index contributed by atoms with van der Waals surface area (Å²) in [4.78, 5) is 13.5. The van der Waals surface area contributed by atoms with Gasteiger partial charge in [-0.3, -0.25) is 4.79 Å². The van der Waals surface area contributed by atoms with Crippen LogP contribution in [0.15, 0.2) is 24.3 Å². The van der Waals surface area contributed by atoms with Crippen molar-refractivity contribution in [1.82, 2.24) is 4.90 Å². The highest BCUT2D eigenvalue weighted by Gasteiger charge is 2.32. The quantitative estimate of drug-likeness (QED) is 0.837. The third-order valence-corrected chi connectivity index (χ3v) is 5.42. The van der Waals surface area contributed by atoms with Crippen LogP contribution in [0.3, 0.4) is 0 Å². The zero-order valence-electron chi connectivity index (χ0n) is 12.0. The highest BCUT2D eigenvalue weighted by Crippen LogP contribution is 2.17. The van der Waals surface area contributed by atoms with E-state index in [1.807, 2.05) is 12.1 Å². The molecule has 7 heteroatoms. The second-order valence-corrected chi connectivity index (χ2v) is 7.43. The molecule has 1 fully saturated rings. The Kier molecular flexibility index (Phi) is 4.84. The number of hydrogen-bond acceptors (Lipinski definition) is 5. The minimum atomic E-state index is -3.00. The van der Waals surface area contributed by atoms with E-state index in [2.05, 4.69) is 0 Å². The molecule has 1 saturated heterocycles. The molecular formula is C14H20N2O4S. The summed E-state index contributed by atoms with van der Waals surface area (Å²) < 4.78 is 28.3. The van der Waals surface area contributed by atoms with Gasteiger partial charge < -0.3 is 15.4 Å². The van der Waals surface area contributed by atoms with Gasteiger partial charge in [0.15, 0.2) is 16.4 Å². The lowest BCUT2D eigenvalue weighted by Crippen LogP contribution is -2.40. The number of nitrogens with zero attached hydrogens (tertiary/aromatic N) is 1. The number of rotatable bonds is 5. The molecule has 6 nitrogen and oxygen atoms in total. The maximum atomic E-state index is 12.0. The molecule has 0 aliphatic carbocycles. The average Bonchev–Trinajstić information content (AvgIpc) is 2.84. The summed E-state index contributed by atoms with van der Waals surface area (Å²) in [5.74, 6) is 0.560. The first-order valence-corrected chi connectivity index (χ1v) is 8.61. The molecule has 1 amide bonds. The molecule has 1 unspecified atom stereocenters. The lowest BCUT2D eigenvalue weighted by molar-refractivity contribution is -0.133. The van der Waals surface area contributed by atoms with Gasteiger partial charge in [-0.1, -0.05) is 12.1 Å². The number of nitrogens with two attached hydrogens (primary N) is 1. The van der Waals surface area contributed by atoms with E-state index in [0.29, 0.717) is 18.7 Å². The molecule has 1 aromatic carbocycles. The number of carbonyl (C=O) groups excluding carboxylic acids is 1. The van der Waals surface area contributed by atoms with Gasteiger partial charge in [-0.15, -0.1) is 0 Å². The topological polar surface area (TPSA) is 89.7 Å². The predicted molar refractivity (Wildman–Crippen MR) is 79.7 cm³/mol. The van der Waals surface area contributed by atoms with Crippen LogP contribution < -0.4 is 10.5 Å². The second kappa shape index (κ2) is 6.44. The molecule has 0 radical (unpaired) electrons. The standard InChI is InChI=1S/C14H20N2O4S/c1-16(12-6-7-21(18,19)10-12)14(17)9-20-13-4-2-11(8-15)3-5-13/h2-5,12H,6-10,15H2,1H3. The molecular weight excluding hydrogens is 292 g/mol. The number of hydrogen-bond donors (Lipinski definition) is 1. The molecule has 2 rings (SSSR count). The minimum absolute atomic E-state index is 0.0421. The molecule has 1 aliphatic heterocycles. The van der Waals surface area contributed by atoms with Crippen LogP contribution in [0.5, 0.6) is 5.75 Å². The Hall–Kier alpha value is -1.60. The Morgan fingerprint density at radius 2 is 2.05 bits per heavy atom. The van der Waals surface area contributed by atoms with Crippen molar-refractivity contribution in [2.24, 2.45) is 5.73 Å². The molecule has 1 atom stereocenters. The van der Waals surface area contributed by atoms with Crippen LogP contribution in [0.1, 0.15) is 12.0 Å². The van der Waals surface area contributed by atoms with Crippen molar-refractivity contribution in [1.29, 1.82) is 0 Å². The Balaban J connectivity index is 1.86. The summed E-state index contributed by atoms with van der Waals surface area (Å²) >= 11 is 0. The normalized spacial score (nSPS) is 20.2. The van der Waals surface area contributed by atoms with Crippen LogP contribution in [-0.4, -0.2) is 50.4 Å². The first-order chi connectivity index (χ1) is 9.91. The van der Waals surface area contributed by atoms with Gasteiger partial charge in [0.2, 0.25) is 0 Å². The van der Waals surface area contributed by atoms with E-state index in [4.69, 9.17) is 10.5 Å². The fourth-order valence-electron chi connectivity index (χ4n) is 2.25. The number of carbonyl (C=O) groups is 1. The van der Waals surface area contributed by atoms with Crippen LogP contribution >= 0.6 is 0 Å². The molecule has 0 spiro atoms. The lowest BCUT2D eigenvalue weighted by Gasteiger charge is -2.23. The van der Waals surface area contributed by atoms with Gasteiger partial charge in [0.25, 0.3) is 5.91 Å². The average molecular weight is 312 g/mol. The molecule has 21 heavy (non-hydrogen) atoms. The third-order valence-electron chi connectivity index (χ3n) is 3.67.